The Morgan fingerprint density at radius 3 is 2.54 bits per heavy atom. The molecule has 132 valence electrons. The Kier molecular flexibility index (Phi) is 5.28. The summed E-state index contributed by atoms with van der Waals surface area (Å²) in [5.74, 6) is 0.312. The minimum Gasteiger partial charge on any atom is -0.495 e. The molecule has 0 bridgehead atoms. The molecule has 26 heavy (non-hydrogen) atoms. The average Bonchev–Trinajstić information content (AvgIpc) is 2.63. The number of hydrogen-bond donors (Lipinski definition) is 2. The zero-order valence-corrected chi connectivity index (χ0v) is 14.4. The van der Waals surface area contributed by atoms with Gasteiger partial charge in [0.2, 0.25) is 0 Å². The molecule has 1 heterocycles. The second kappa shape index (κ2) is 7.79. The van der Waals surface area contributed by atoms with Gasteiger partial charge in [-0.1, -0.05) is 17.7 Å². The molecule has 1 amide bonds. The second-order valence-electron chi connectivity index (χ2n) is 5.24. The van der Waals surface area contributed by atoms with E-state index in [1.54, 1.807) is 37.4 Å². The Balaban J connectivity index is 1.71. The number of aromatic nitrogens is 2. The van der Waals surface area contributed by atoms with Crippen LogP contribution in [0.15, 0.2) is 54.6 Å². The molecule has 1 aromatic heterocycles. The van der Waals surface area contributed by atoms with Gasteiger partial charge in [-0.25, -0.2) is 4.39 Å². The number of nitrogens with zero attached hydrogens (tertiary/aromatic N) is 2. The molecule has 0 saturated heterocycles. The lowest BCUT2D eigenvalue weighted by atomic mass is 10.2. The van der Waals surface area contributed by atoms with E-state index >= 15 is 0 Å². The molecule has 8 heteroatoms. The van der Waals surface area contributed by atoms with E-state index in [4.69, 9.17) is 16.3 Å². The Morgan fingerprint density at radius 2 is 1.85 bits per heavy atom. The molecule has 0 spiro atoms. The van der Waals surface area contributed by atoms with Crippen LogP contribution in [0.5, 0.6) is 5.75 Å². The van der Waals surface area contributed by atoms with E-state index in [1.807, 2.05) is 0 Å². The highest BCUT2D eigenvalue weighted by Crippen LogP contribution is 2.29. The van der Waals surface area contributed by atoms with E-state index in [1.165, 1.54) is 18.2 Å². The summed E-state index contributed by atoms with van der Waals surface area (Å²) >= 11 is 5.99. The first-order valence-corrected chi connectivity index (χ1v) is 7.94. The average molecular weight is 373 g/mol. The van der Waals surface area contributed by atoms with Gasteiger partial charge < -0.3 is 15.4 Å². The van der Waals surface area contributed by atoms with Crippen LogP contribution in [0.3, 0.4) is 0 Å². The van der Waals surface area contributed by atoms with Crippen molar-refractivity contribution >= 4 is 34.8 Å². The highest BCUT2D eigenvalue weighted by molar-refractivity contribution is 6.31. The lowest BCUT2D eigenvalue weighted by Gasteiger charge is -2.11. The van der Waals surface area contributed by atoms with Crippen molar-refractivity contribution in [3.63, 3.8) is 0 Å². The van der Waals surface area contributed by atoms with Gasteiger partial charge in [0, 0.05) is 10.6 Å². The summed E-state index contributed by atoms with van der Waals surface area (Å²) in [5, 5.41) is 14.1. The zero-order valence-electron chi connectivity index (χ0n) is 13.7. The van der Waals surface area contributed by atoms with Gasteiger partial charge in [0.25, 0.3) is 5.91 Å². The summed E-state index contributed by atoms with van der Waals surface area (Å²) in [6.45, 7) is 0. The first-order valence-electron chi connectivity index (χ1n) is 7.56. The van der Waals surface area contributed by atoms with Crippen LogP contribution in [0.2, 0.25) is 5.02 Å². The van der Waals surface area contributed by atoms with Crippen LogP contribution in [0.1, 0.15) is 10.4 Å². The Hall–Kier alpha value is -3.19. The van der Waals surface area contributed by atoms with Gasteiger partial charge in [0.05, 0.1) is 12.8 Å². The number of rotatable bonds is 5. The van der Waals surface area contributed by atoms with Gasteiger partial charge in [-0.2, -0.15) is 0 Å². The molecule has 0 fully saturated rings. The standard InChI is InChI=1S/C18H14ClFN4O2/c1-26-15-6-5-12(19)10-14(15)21-16-7-8-17(24-23-16)22-18(25)11-3-2-4-13(20)9-11/h2-10H,1H3,(H,21,23)(H,22,24,25). The van der Waals surface area contributed by atoms with Crippen molar-refractivity contribution in [1.82, 2.24) is 10.2 Å². The van der Waals surface area contributed by atoms with Gasteiger partial charge in [-0.05, 0) is 48.5 Å². The number of anilines is 3. The number of methoxy groups -OCH3 is 1. The quantitative estimate of drug-likeness (QED) is 0.699. The third-order valence-electron chi connectivity index (χ3n) is 3.42. The van der Waals surface area contributed by atoms with Crippen LogP contribution >= 0.6 is 11.6 Å². The normalized spacial score (nSPS) is 10.3. The molecule has 0 unspecified atom stereocenters. The number of halogens is 2. The van der Waals surface area contributed by atoms with Crippen molar-refractivity contribution in [2.75, 3.05) is 17.7 Å². The summed E-state index contributed by atoms with van der Waals surface area (Å²) < 4.78 is 18.4. The summed E-state index contributed by atoms with van der Waals surface area (Å²) in [6, 6.07) is 13.7. The first-order chi connectivity index (χ1) is 12.5. The summed E-state index contributed by atoms with van der Waals surface area (Å²) in [5.41, 5.74) is 0.823. The number of carbonyl (C=O) groups excluding carboxylic acids is 1. The van der Waals surface area contributed by atoms with Gasteiger partial charge >= 0.3 is 0 Å². The maximum atomic E-state index is 13.2. The molecule has 0 aliphatic rings. The predicted molar refractivity (Wildman–Crippen MR) is 97.7 cm³/mol. The molecule has 0 aliphatic heterocycles. The number of benzene rings is 2. The molecule has 2 N–H and O–H groups in total. The van der Waals surface area contributed by atoms with Gasteiger partial charge in [0.1, 0.15) is 11.6 Å². The van der Waals surface area contributed by atoms with E-state index in [9.17, 15) is 9.18 Å². The number of carbonyl (C=O) groups is 1. The highest BCUT2D eigenvalue weighted by atomic mass is 35.5. The minimum absolute atomic E-state index is 0.192. The van der Waals surface area contributed by atoms with Crippen molar-refractivity contribution < 1.29 is 13.9 Å². The van der Waals surface area contributed by atoms with Gasteiger partial charge in [-0.15, -0.1) is 10.2 Å². The fourth-order valence-electron chi connectivity index (χ4n) is 2.20. The maximum Gasteiger partial charge on any atom is 0.256 e. The molecular weight excluding hydrogens is 359 g/mol. The number of nitrogens with one attached hydrogen (secondary N) is 2. The number of ether oxygens (including phenoxy) is 1. The molecule has 0 atom stereocenters. The summed E-state index contributed by atoms with van der Waals surface area (Å²) in [6.07, 6.45) is 0. The molecule has 6 nitrogen and oxygen atoms in total. The largest absolute Gasteiger partial charge is 0.495 e. The first kappa shape index (κ1) is 17.6. The number of hydrogen-bond acceptors (Lipinski definition) is 5. The predicted octanol–water partition coefficient (Wildman–Crippen LogP) is 4.27. The Bertz CT molecular complexity index is 935. The third kappa shape index (κ3) is 4.25. The topological polar surface area (TPSA) is 76.1 Å². The second-order valence-corrected chi connectivity index (χ2v) is 5.67. The lowest BCUT2D eigenvalue weighted by Crippen LogP contribution is -2.13. The van der Waals surface area contributed by atoms with Crippen molar-refractivity contribution in [3.8, 4) is 5.75 Å². The summed E-state index contributed by atoms with van der Waals surface area (Å²) in [4.78, 5) is 12.1. The molecular formula is C18H14ClFN4O2. The van der Waals surface area contributed by atoms with E-state index in [0.29, 0.717) is 22.3 Å². The van der Waals surface area contributed by atoms with Crippen LogP contribution in [0, 0.1) is 5.82 Å². The summed E-state index contributed by atoms with van der Waals surface area (Å²) in [7, 11) is 1.55. The van der Waals surface area contributed by atoms with E-state index in [0.717, 1.165) is 6.07 Å². The van der Waals surface area contributed by atoms with Crippen LogP contribution in [-0.2, 0) is 0 Å². The molecule has 3 aromatic rings. The van der Waals surface area contributed by atoms with Gasteiger partial charge in [0.15, 0.2) is 11.6 Å². The Morgan fingerprint density at radius 1 is 1.08 bits per heavy atom. The van der Waals surface area contributed by atoms with Gasteiger partial charge in [-0.3, -0.25) is 4.79 Å². The van der Waals surface area contributed by atoms with E-state index in [-0.39, 0.29) is 11.4 Å². The zero-order chi connectivity index (χ0) is 18.5. The molecule has 0 radical (unpaired) electrons. The molecule has 0 saturated carbocycles. The fraction of sp³-hybridized carbons (Fsp3) is 0.0556. The third-order valence-corrected chi connectivity index (χ3v) is 3.65. The minimum atomic E-state index is -0.487. The van der Waals surface area contributed by atoms with Crippen LogP contribution in [0.25, 0.3) is 0 Å². The van der Waals surface area contributed by atoms with E-state index < -0.39 is 11.7 Å². The van der Waals surface area contributed by atoms with E-state index in [2.05, 4.69) is 20.8 Å². The SMILES string of the molecule is COc1ccc(Cl)cc1Nc1ccc(NC(=O)c2cccc(F)c2)nn1. The van der Waals surface area contributed by atoms with Crippen molar-refractivity contribution in [3.05, 3.63) is 71.0 Å². The van der Waals surface area contributed by atoms with Crippen LogP contribution in [-0.4, -0.2) is 23.2 Å². The number of amides is 1. The molecule has 3 rings (SSSR count). The molecule has 0 aliphatic carbocycles. The van der Waals surface area contributed by atoms with Crippen molar-refractivity contribution in [2.24, 2.45) is 0 Å². The highest BCUT2D eigenvalue weighted by Gasteiger charge is 2.09. The van der Waals surface area contributed by atoms with Crippen LogP contribution < -0.4 is 15.4 Å². The molecule has 2 aromatic carbocycles. The lowest BCUT2D eigenvalue weighted by molar-refractivity contribution is 0.102. The monoisotopic (exact) mass is 372 g/mol. The Labute approximate surface area is 154 Å². The smallest absolute Gasteiger partial charge is 0.256 e. The van der Waals surface area contributed by atoms with Crippen LogP contribution in [0.4, 0.5) is 21.7 Å². The van der Waals surface area contributed by atoms with Crippen molar-refractivity contribution in [1.29, 1.82) is 0 Å². The maximum absolute atomic E-state index is 13.2. The fourth-order valence-corrected chi connectivity index (χ4v) is 2.37. The van der Waals surface area contributed by atoms with Crippen molar-refractivity contribution in [2.45, 2.75) is 0 Å².